The normalized spacial score (nSPS) is 10.8. The molecule has 0 amide bonds. The van der Waals surface area contributed by atoms with Crippen LogP contribution in [-0.4, -0.2) is 29.7 Å². The van der Waals surface area contributed by atoms with Gasteiger partial charge in [0.2, 0.25) is 0 Å². The minimum Gasteiger partial charge on any atom is -0.381 e. The molecule has 2 N–H and O–H groups in total. The van der Waals surface area contributed by atoms with E-state index < -0.39 is 0 Å². The average molecular weight is 213 g/mol. The smallest absolute Gasteiger partial charge is 0.198 e. The third-order valence-corrected chi connectivity index (χ3v) is 2.11. The van der Waals surface area contributed by atoms with Crippen LogP contribution in [0.1, 0.15) is 0 Å². The quantitative estimate of drug-likeness (QED) is 0.619. The Kier molecular flexibility index (Phi) is 1.76. The minimum absolute atomic E-state index is 0.304. The highest BCUT2D eigenvalue weighted by Gasteiger charge is 2.10. The second-order valence-corrected chi connectivity index (χ2v) is 3.09. The van der Waals surface area contributed by atoms with Crippen LogP contribution in [0.3, 0.4) is 0 Å². The summed E-state index contributed by atoms with van der Waals surface area (Å²) in [5.41, 5.74) is 7.01. The van der Waals surface area contributed by atoms with E-state index in [4.69, 9.17) is 5.73 Å². The highest BCUT2D eigenvalue weighted by Crippen LogP contribution is 2.14. The predicted octanol–water partition coefficient (Wildman–Crippen LogP) is 0.188. The maximum atomic E-state index is 5.72. The van der Waals surface area contributed by atoms with Gasteiger partial charge in [-0.05, 0) is 0 Å². The topological polar surface area (TPSA) is 95.4 Å². The summed E-state index contributed by atoms with van der Waals surface area (Å²) in [6.07, 6.45) is 7.88. The summed E-state index contributed by atoms with van der Waals surface area (Å²) in [5, 5.41) is 4.14. The monoisotopic (exact) mass is 213 g/mol. The highest BCUT2D eigenvalue weighted by molar-refractivity contribution is 5.71. The number of hydrogen-bond donors (Lipinski definition) is 1. The Balaban J connectivity index is 2.31. The molecule has 0 fully saturated rings. The van der Waals surface area contributed by atoms with Crippen molar-refractivity contribution in [1.29, 1.82) is 0 Å². The van der Waals surface area contributed by atoms with Crippen molar-refractivity contribution in [3.8, 4) is 5.82 Å². The van der Waals surface area contributed by atoms with Crippen LogP contribution >= 0.6 is 0 Å². The van der Waals surface area contributed by atoms with E-state index in [1.165, 1.54) is 10.9 Å². The number of nitrogens with two attached hydrogens (primary N) is 1. The van der Waals surface area contributed by atoms with Crippen LogP contribution in [0.25, 0.3) is 17.0 Å². The largest absolute Gasteiger partial charge is 0.381 e. The molecule has 0 saturated carbocycles. The molecule has 0 aliphatic rings. The van der Waals surface area contributed by atoms with E-state index in [9.17, 15) is 0 Å². The van der Waals surface area contributed by atoms with Crippen LogP contribution in [0, 0.1) is 0 Å². The van der Waals surface area contributed by atoms with Gasteiger partial charge >= 0.3 is 0 Å². The van der Waals surface area contributed by atoms with Gasteiger partial charge in [-0.25, -0.2) is 19.9 Å². The maximum absolute atomic E-state index is 5.72. The fraction of sp³-hybridized carbons (Fsp3) is 0. The lowest BCUT2D eigenvalue weighted by atomic mass is 10.5. The first kappa shape index (κ1) is 8.72. The summed E-state index contributed by atoms with van der Waals surface area (Å²) in [5.74, 6) is 0.760. The van der Waals surface area contributed by atoms with Gasteiger partial charge in [-0.2, -0.15) is 9.78 Å². The van der Waals surface area contributed by atoms with Crippen LogP contribution in [0.4, 0.5) is 5.82 Å². The summed E-state index contributed by atoms with van der Waals surface area (Å²) < 4.78 is 1.52. The van der Waals surface area contributed by atoms with E-state index in [0.29, 0.717) is 22.8 Å². The summed E-state index contributed by atoms with van der Waals surface area (Å²) in [6, 6.07) is 0. The Morgan fingerprint density at radius 2 is 1.69 bits per heavy atom. The van der Waals surface area contributed by atoms with Gasteiger partial charge in [-0.3, -0.25) is 0 Å². The predicted molar refractivity (Wildman–Crippen MR) is 56.7 cm³/mol. The zero-order chi connectivity index (χ0) is 11.0. The number of nitrogen functional groups attached to an aromatic ring is 1. The van der Waals surface area contributed by atoms with E-state index in [1.54, 1.807) is 24.8 Å². The first-order chi connectivity index (χ1) is 7.86. The van der Waals surface area contributed by atoms with Crippen molar-refractivity contribution in [3.63, 3.8) is 0 Å². The van der Waals surface area contributed by atoms with Gasteiger partial charge in [0.25, 0.3) is 0 Å². The third kappa shape index (κ3) is 1.18. The highest BCUT2D eigenvalue weighted by atomic mass is 15.3. The van der Waals surface area contributed by atoms with Crippen LogP contribution in [0.15, 0.2) is 31.0 Å². The van der Waals surface area contributed by atoms with Gasteiger partial charge in [0.05, 0.1) is 6.20 Å². The fourth-order valence-corrected chi connectivity index (χ4v) is 1.42. The maximum Gasteiger partial charge on any atom is 0.198 e. The standard InChI is InChI=1S/C9H7N7/c10-7-9(14-4-2-12-7)16-8-6(5-15-16)11-1-3-13-8/h1-5H,(H2,10,12). The Morgan fingerprint density at radius 3 is 2.56 bits per heavy atom. The van der Waals surface area contributed by atoms with Gasteiger partial charge in [0, 0.05) is 24.8 Å². The molecule has 78 valence electrons. The van der Waals surface area contributed by atoms with Gasteiger partial charge < -0.3 is 5.73 Å². The van der Waals surface area contributed by atoms with Crippen LogP contribution in [0.2, 0.25) is 0 Å². The molecular weight excluding hydrogens is 206 g/mol. The minimum atomic E-state index is 0.304. The van der Waals surface area contributed by atoms with E-state index in [2.05, 4.69) is 25.0 Å². The number of hydrogen-bond acceptors (Lipinski definition) is 6. The molecule has 0 atom stereocenters. The van der Waals surface area contributed by atoms with Crippen LogP contribution in [-0.2, 0) is 0 Å². The Morgan fingerprint density at radius 1 is 0.938 bits per heavy atom. The van der Waals surface area contributed by atoms with Crippen molar-refractivity contribution in [2.45, 2.75) is 0 Å². The fourth-order valence-electron chi connectivity index (χ4n) is 1.42. The summed E-state index contributed by atoms with van der Waals surface area (Å²) in [4.78, 5) is 16.4. The SMILES string of the molecule is Nc1nccnc1-n1ncc2nccnc21. The molecule has 3 heterocycles. The number of anilines is 1. The van der Waals surface area contributed by atoms with Gasteiger partial charge in [0.1, 0.15) is 5.52 Å². The lowest BCUT2D eigenvalue weighted by molar-refractivity contribution is 0.857. The first-order valence-electron chi connectivity index (χ1n) is 4.58. The molecule has 0 bridgehead atoms. The van der Waals surface area contributed by atoms with Crippen molar-refractivity contribution >= 4 is 17.0 Å². The summed E-state index contributed by atoms with van der Waals surface area (Å²) >= 11 is 0. The molecule has 7 nitrogen and oxygen atoms in total. The second kappa shape index (κ2) is 3.23. The van der Waals surface area contributed by atoms with E-state index in [1.807, 2.05) is 0 Å². The Bertz CT molecular complexity index is 645. The zero-order valence-corrected chi connectivity index (χ0v) is 8.15. The van der Waals surface area contributed by atoms with E-state index in [-0.39, 0.29) is 0 Å². The Hall–Kier alpha value is -2.57. The Labute approximate surface area is 90.0 Å². The molecule has 3 aromatic heterocycles. The van der Waals surface area contributed by atoms with Crippen molar-refractivity contribution in [1.82, 2.24) is 29.7 Å². The lowest BCUT2D eigenvalue weighted by Crippen LogP contribution is -2.06. The molecule has 0 aromatic carbocycles. The van der Waals surface area contributed by atoms with Crippen molar-refractivity contribution in [3.05, 3.63) is 31.0 Å². The van der Waals surface area contributed by atoms with E-state index in [0.717, 1.165) is 0 Å². The van der Waals surface area contributed by atoms with Crippen molar-refractivity contribution < 1.29 is 0 Å². The molecule has 0 aliphatic carbocycles. The molecule has 0 radical (unpaired) electrons. The lowest BCUT2D eigenvalue weighted by Gasteiger charge is -2.02. The molecule has 0 aliphatic heterocycles. The second-order valence-electron chi connectivity index (χ2n) is 3.09. The summed E-state index contributed by atoms with van der Waals surface area (Å²) in [7, 11) is 0. The van der Waals surface area contributed by atoms with Crippen molar-refractivity contribution in [2.24, 2.45) is 0 Å². The van der Waals surface area contributed by atoms with Crippen LogP contribution < -0.4 is 5.73 Å². The molecule has 16 heavy (non-hydrogen) atoms. The number of aromatic nitrogens is 6. The van der Waals surface area contributed by atoms with Gasteiger partial charge in [-0.15, -0.1) is 0 Å². The molecular formula is C9H7N7. The first-order valence-corrected chi connectivity index (χ1v) is 4.58. The molecule has 3 aromatic rings. The third-order valence-electron chi connectivity index (χ3n) is 2.11. The van der Waals surface area contributed by atoms with Gasteiger partial charge in [-0.1, -0.05) is 0 Å². The number of fused-ring (bicyclic) bond motifs is 1. The van der Waals surface area contributed by atoms with E-state index >= 15 is 0 Å². The van der Waals surface area contributed by atoms with Gasteiger partial charge in [0.15, 0.2) is 17.3 Å². The molecule has 0 spiro atoms. The molecule has 0 saturated heterocycles. The summed E-state index contributed by atoms with van der Waals surface area (Å²) in [6.45, 7) is 0. The van der Waals surface area contributed by atoms with Crippen molar-refractivity contribution in [2.75, 3.05) is 5.73 Å². The number of nitrogens with zero attached hydrogens (tertiary/aromatic N) is 6. The number of rotatable bonds is 1. The molecule has 7 heteroatoms. The molecule has 3 rings (SSSR count). The molecule has 0 unspecified atom stereocenters. The average Bonchev–Trinajstić information content (AvgIpc) is 2.74. The zero-order valence-electron chi connectivity index (χ0n) is 8.15. The van der Waals surface area contributed by atoms with Crippen LogP contribution in [0.5, 0.6) is 0 Å².